The van der Waals surface area contributed by atoms with Gasteiger partial charge in [-0.15, -0.1) is 12.4 Å². The number of rotatable bonds is 4. The van der Waals surface area contributed by atoms with E-state index in [0.29, 0.717) is 18.5 Å². The molecule has 0 aromatic heterocycles. The number of amides is 1. The highest BCUT2D eigenvalue weighted by Gasteiger charge is 2.39. The lowest BCUT2D eigenvalue weighted by Gasteiger charge is -2.36. The predicted molar refractivity (Wildman–Crippen MR) is 71.1 cm³/mol. The van der Waals surface area contributed by atoms with Crippen molar-refractivity contribution in [1.29, 1.82) is 0 Å². The van der Waals surface area contributed by atoms with Gasteiger partial charge in [-0.25, -0.2) is 4.39 Å². The van der Waals surface area contributed by atoms with E-state index in [1.165, 1.54) is 6.07 Å². The number of hydrogen-bond donors (Lipinski definition) is 2. The van der Waals surface area contributed by atoms with Gasteiger partial charge in [-0.1, -0.05) is 18.2 Å². The smallest absolute Gasteiger partial charge is 0.240 e. The maximum absolute atomic E-state index is 13.3. The Morgan fingerprint density at radius 3 is 2.61 bits per heavy atom. The number of hydrogen-bond acceptors (Lipinski definition) is 2. The zero-order chi connectivity index (χ0) is 12.3. The van der Waals surface area contributed by atoms with Crippen molar-refractivity contribution in [2.24, 2.45) is 5.73 Å². The van der Waals surface area contributed by atoms with Gasteiger partial charge in [0.2, 0.25) is 5.91 Å². The molecule has 3 N–H and O–H groups in total. The van der Waals surface area contributed by atoms with Crippen LogP contribution in [0.25, 0.3) is 0 Å². The van der Waals surface area contributed by atoms with Crippen LogP contribution in [0.2, 0.25) is 0 Å². The first-order valence-electron chi connectivity index (χ1n) is 5.92. The van der Waals surface area contributed by atoms with E-state index in [1.54, 1.807) is 18.2 Å². The van der Waals surface area contributed by atoms with E-state index in [1.807, 2.05) is 0 Å². The van der Waals surface area contributed by atoms with Crippen LogP contribution in [-0.2, 0) is 11.2 Å². The first-order chi connectivity index (χ1) is 8.12. The Bertz CT molecular complexity index is 421. The largest absolute Gasteiger partial charge is 0.354 e. The van der Waals surface area contributed by atoms with Crippen molar-refractivity contribution in [3.8, 4) is 0 Å². The molecule has 0 bridgehead atoms. The van der Waals surface area contributed by atoms with Crippen LogP contribution in [-0.4, -0.2) is 18.0 Å². The molecule has 0 aliphatic heterocycles. The van der Waals surface area contributed by atoms with Crippen LogP contribution in [0, 0.1) is 5.82 Å². The van der Waals surface area contributed by atoms with Gasteiger partial charge in [-0.2, -0.15) is 0 Å². The molecule has 1 aromatic rings. The number of nitrogens with two attached hydrogens (primary N) is 1. The summed E-state index contributed by atoms with van der Waals surface area (Å²) in [5.74, 6) is -0.340. The molecule has 0 radical (unpaired) electrons. The van der Waals surface area contributed by atoms with E-state index < -0.39 is 5.54 Å². The van der Waals surface area contributed by atoms with Crippen LogP contribution in [0.4, 0.5) is 4.39 Å². The molecule has 1 saturated carbocycles. The third kappa shape index (κ3) is 3.21. The molecule has 1 aliphatic rings. The lowest BCUT2D eigenvalue weighted by molar-refractivity contribution is -0.129. The maximum atomic E-state index is 13.3. The van der Waals surface area contributed by atoms with E-state index in [2.05, 4.69) is 5.32 Å². The molecule has 1 amide bonds. The Balaban J connectivity index is 0.00000162. The van der Waals surface area contributed by atoms with Crippen LogP contribution in [0.1, 0.15) is 24.8 Å². The quantitative estimate of drug-likeness (QED) is 0.878. The highest BCUT2D eigenvalue weighted by molar-refractivity contribution is 5.87. The van der Waals surface area contributed by atoms with Gasteiger partial charge in [0.15, 0.2) is 0 Å². The van der Waals surface area contributed by atoms with E-state index >= 15 is 0 Å². The molecule has 1 fully saturated rings. The Morgan fingerprint density at radius 1 is 1.39 bits per heavy atom. The van der Waals surface area contributed by atoms with Crippen molar-refractivity contribution in [3.63, 3.8) is 0 Å². The monoisotopic (exact) mass is 272 g/mol. The first kappa shape index (κ1) is 14.9. The molecule has 0 unspecified atom stereocenters. The van der Waals surface area contributed by atoms with Gasteiger partial charge < -0.3 is 11.1 Å². The van der Waals surface area contributed by atoms with Gasteiger partial charge in [-0.05, 0) is 37.3 Å². The standard InChI is InChI=1S/C13H17FN2O.ClH/c14-11-5-2-1-4-10(11)6-9-16-12(17)13(15)7-3-8-13;/h1-2,4-5H,3,6-9,15H2,(H,16,17);1H. The minimum absolute atomic E-state index is 0. The van der Waals surface area contributed by atoms with Gasteiger partial charge in [0.05, 0.1) is 5.54 Å². The van der Waals surface area contributed by atoms with Crippen molar-refractivity contribution in [1.82, 2.24) is 5.32 Å². The summed E-state index contributed by atoms with van der Waals surface area (Å²) < 4.78 is 13.3. The number of benzene rings is 1. The topological polar surface area (TPSA) is 55.1 Å². The van der Waals surface area contributed by atoms with Crippen molar-refractivity contribution in [2.45, 2.75) is 31.2 Å². The van der Waals surface area contributed by atoms with Crippen LogP contribution in [0.15, 0.2) is 24.3 Å². The third-order valence-corrected chi connectivity index (χ3v) is 3.34. The molecule has 100 valence electrons. The van der Waals surface area contributed by atoms with Gasteiger partial charge >= 0.3 is 0 Å². The average molecular weight is 273 g/mol. The molecule has 2 rings (SSSR count). The second kappa shape index (κ2) is 6.16. The molecular weight excluding hydrogens is 255 g/mol. The van der Waals surface area contributed by atoms with Crippen molar-refractivity contribution < 1.29 is 9.18 Å². The van der Waals surface area contributed by atoms with Gasteiger partial charge in [0.1, 0.15) is 5.82 Å². The Morgan fingerprint density at radius 2 is 2.06 bits per heavy atom. The summed E-state index contributed by atoms with van der Waals surface area (Å²) in [4.78, 5) is 11.7. The summed E-state index contributed by atoms with van der Waals surface area (Å²) in [6.45, 7) is 0.429. The molecule has 1 aromatic carbocycles. The maximum Gasteiger partial charge on any atom is 0.240 e. The van der Waals surface area contributed by atoms with Gasteiger partial charge in [0.25, 0.3) is 0 Å². The number of halogens is 2. The summed E-state index contributed by atoms with van der Waals surface area (Å²) in [5.41, 5.74) is 5.82. The number of nitrogens with one attached hydrogen (secondary N) is 1. The number of carbonyl (C=O) groups excluding carboxylic acids is 1. The van der Waals surface area contributed by atoms with Crippen LogP contribution in [0.3, 0.4) is 0 Å². The van der Waals surface area contributed by atoms with Crippen LogP contribution in [0.5, 0.6) is 0 Å². The summed E-state index contributed by atoms with van der Waals surface area (Å²) in [5, 5.41) is 2.77. The normalized spacial score (nSPS) is 16.3. The fourth-order valence-corrected chi connectivity index (χ4v) is 1.97. The second-order valence-corrected chi connectivity index (χ2v) is 4.61. The van der Waals surface area contributed by atoms with E-state index in [-0.39, 0.29) is 24.1 Å². The minimum atomic E-state index is -0.671. The second-order valence-electron chi connectivity index (χ2n) is 4.61. The van der Waals surface area contributed by atoms with Crippen LogP contribution < -0.4 is 11.1 Å². The molecular formula is C13H18ClFN2O. The Kier molecular flexibility index (Phi) is 5.11. The predicted octanol–water partition coefficient (Wildman–Crippen LogP) is 1.79. The lowest BCUT2D eigenvalue weighted by Crippen LogP contribution is -2.58. The van der Waals surface area contributed by atoms with E-state index in [4.69, 9.17) is 5.73 Å². The minimum Gasteiger partial charge on any atom is -0.354 e. The van der Waals surface area contributed by atoms with Crippen molar-refractivity contribution in [2.75, 3.05) is 6.54 Å². The molecule has 5 heteroatoms. The molecule has 0 spiro atoms. The molecule has 18 heavy (non-hydrogen) atoms. The highest BCUT2D eigenvalue weighted by Crippen LogP contribution is 2.28. The Labute approximate surface area is 112 Å². The first-order valence-corrected chi connectivity index (χ1v) is 5.92. The van der Waals surface area contributed by atoms with Crippen molar-refractivity contribution >= 4 is 18.3 Å². The SMILES string of the molecule is Cl.NC1(C(=O)NCCc2ccccc2F)CCC1. The highest BCUT2D eigenvalue weighted by atomic mass is 35.5. The van der Waals surface area contributed by atoms with Crippen molar-refractivity contribution in [3.05, 3.63) is 35.6 Å². The molecule has 0 heterocycles. The van der Waals surface area contributed by atoms with E-state index in [0.717, 1.165) is 19.3 Å². The fraction of sp³-hybridized carbons (Fsp3) is 0.462. The van der Waals surface area contributed by atoms with Crippen LogP contribution >= 0.6 is 12.4 Å². The lowest BCUT2D eigenvalue weighted by atomic mass is 9.77. The van der Waals surface area contributed by atoms with Gasteiger partial charge in [0, 0.05) is 6.54 Å². The number of carbonyl (C=O) groups is 1. The molecule has 0 atom stereocenters. The Hall–Kier alpha value is -1.13. The summed E-state index contributed by atoms with van der Waals surface area (Å²) in [6.07, 6.45) is 3.00. The average Bonchev–Trinajstić information content (AvgIpc) is 2.28. The molecule has 1 aliphatic carbocycles. The molecule has 0 saturated heterocycles. The summed E-state index contributed by atoms with van der Waals surface area (Å²) in [7, 11) is 0. The zero-order valence-corrected chi connectivity index (χ0v) is 10.9. The fourth-order valence-electron chi connectivity index (χ4n) is 1.97. The van der Waals surface area contributed by atoms with Gasteiger partial charge in [-0.3, -0.25) is 4.79 Å². The molecule has 3 nitrogen and oxygen atoms in total. The summed E-state index contributed by atoms with van der Waals surface area (Å²) in [6, 6.07) is 6.59. The zero-order valence-electron chi connectivity index (χ0n) is 10.1. The summed E-state index contributed by atoms with van der Waals surface area (Å²) >= 11 is 0. The van der Waals surface area contributed by atoms with E-state index in [9.17, 15) is 9.18 Å². The third-order valence-electron chi connectivity index (χ3n) is 3.34.